The molecule has 12 heavy (non-hydrogen) atoms. The van der Waals surface area contributed by atoms with Crippen molar-refractivity contribution in [3.63, 3.8) is 0 Å². The molecular weight excluding hydrogens is 150 g/mol. The van der Waals surface area contributed by atoms with Crippen molar-refractivity contribution in [3.05, 3.63) is 0 Å². The van der Waals surface area contributed by atoms with Crippen LogP contribution in [0.25, 0.3) is 0 Å². The highest BCUT2D eigenvalue weighted by Gasteiger charge is 2.07. The van der Waals surface area contributed by atoms with Gasteiger partial charge in [-0.1, -0.05) is 26.7 Å². The molecule has 0 fully saturated rings. The van der Waals surface area contributed by atoms with Gasteiger partial charge in [-0.05, 0) is 18.8 Å². The van der Waals surface area contributed by atoms with E-state index in [1.54, 1.807) is 0 Å². The van der Waals surface area contributed by atoms with Crippen molar-refractivity contribution in [3.8, 4) is 12.3 Å². The van der Waals surface area contributed by atoms with E-state index in [4.69, 9.17) is 6.42 Å². The van der Waals surface area contributed by atoms with E-state index in [1.165, 1.54) is 0 Å². The predicted octanol–water partition coefficient (Wildman–Crippen LogP) is 1.70. The van der Waals surface area contributed by atoms with E-state index in [0.717, 1.165) is 25.7 Å². The predicted molar refractivity (Wildman–Crippen MR) is 50.6 cm³/mol. The molecule has 0 bridgehead atoms. The Morgan fingerprint density at radius 3 is 2.25 bits per heavy atom. The molecule has 0 radical (unpaired) electrons. The van der Waals surface area contributed by atoms with Crippen LogP contribution in [0.4, 0.5) is 0 Å². The molecule has 0 spiro atoms. The number of terminal acetylenes is 1. The summed E-state index contributed by atoms with van der Waals surface area (Å²) in [6, 6.07) is 0.267. The Balaban J connectivity index is 3.78. The van der Waals surface area contributed by atoms with Crippen molar-refractivity contribution in [2.75, 3.05) is 0 Å². The van der Waals surface area contributed by atoms with Gasteiger partial charge in [0.15, 0.2) is 0 Å². The largest absolute Gasteiger partial charge is 0.343 e. The first kappa shape index (κ1) is 11.0. The van der Waals surface area contributed by atoms with Gasteiger partial charge in [-0.15, -0.1) is 6.42 Å². The Kier molecular flexibility index (Phi) is 6.18. The summed E-state index contributed by atoms with van der Waals surface area (Å²) < 4.78 is 0. The summed E-state index contributed by atoms with van der Waals surface area (Å²) in [6.07, 6.45) is 9.14. The van der Waals surface area contributed by atoms with Crippen LogP contribution in [0, 0.1) is 12.3 Å². The van der Waals surface area contributed by atoms with Crippen LogP contribution in [0.5, 0.6) is 0 Å². The van der Waals surface area contributed by atoms with Crippen LogP contribution in [0.1, 0.15) is 39.5 Å². The fourth-order valence-corrected chi connectivity index (χ4v) is 1.21. The summed E-state index contributed by atoms with van der Waals surface area (Å²) in [5.74, 6) is 1.77. The van der Waals surface area contributed by atoms with Crippen LogP contribution in [0.2, 0.25) is 0 Å². The zero-order valence-electron chi connectivity index (χ0n) is 7.89. The van der Waals surface area contributed by atoms with Gasteiger partial charge >= 0.3 is 0 Å². The van der Waals surface area contributed by atoms with Gasteiger partial charge in [0.05, 0.1) is 0 Å². The first-order valence-electron chi connectivity index (χ1n) is 4.51. The highest BCUT2D eigenvalue weighted by Crippen LogP contribution is 2.03. The van der Waals surface area contributed by atoms with Gasteiger partial charge in [0.2, 0.25) is 0 Å². The standard InChI is InChI=1S/C10H17NO/c1-4-7-9(8-5-2)11-10(12)6-3/h3,9H,4-5,7-8H2,1-2H3,(H,11,12). The van der Waals surface area contributed by atoms with Gasteiger partial charge in [-0.2, -0.15) is 0 Å². The molecule has 0 rings (SSSR count). The highest BCUT2D eigenvalue weighted by molar-refractivity contribution is 5.92. The van der Waals surface area contributed by atoms with E-state index in [2.05, 4.69) is 25.1 Å². The third kappa shape index (κ3) is 4.79. The maximum atomic E-state index is 10.8. The minimum Gasteiger partial charge on any atom is -0.343 e. The van der Waals surface area contributed by atoms with E-state index in [0.29, 0.717) is 0 Å². The van der Waals surface area contributed by atoms with Gasteiger partial charge < -0.3 is 5.32 Å². The summed E-state index contributed by atoms with van der Waals surface area (Å²) in [4.78, 5) is 10.8. The first-order chi connectivity index (χ1) is 5.74. The number of carbonyl (C=O) groups is 1. The smallest absolute Gasteiger partial charge is 0.295 e. The Morgan fingerprint density at radius 2 is 1.92 bits per heavy atom. The number of hydrogen-bond acceptors (Lipinski definition) is 1. The molecule has 1 N–H and O–H groups in total. The molecule has 0 aliphatic rings. The molecule has 68 valence electrons. The number of amides is 1. The fourth-order valence-electron chi connectivity index (χ4n) is 1.21. The van der Waals surface area contributed by atoms with Crippen LogP contribution in [0.3, 0.4) is 0 Å². The van der Waals surface area contributed by atoms with Gasteiger partial charge in [0, 0.05) is 6.04 Å². The monoisotopic (exact) mass is 167 g/mol. The summed E-state index contributed by atoms with van der Waals surface area (Å²) >= 11 is 0. The Bertz CT molecular complexity index is 163. The minimum absolute atomic E-state index is 0.267. The molecule has 0 aromatic rings. The topological polar surface area (TPSA) is 29.1 Å². The maximum absolute atomic E-state index is 10.8. The Labute approximate surface area is 74.7 Å². The number of hydrogen-bond donors (Lipinski definition) is 1. The molecule has 0 unspecified atom stereocenters. The second-order valence-electron chi connectivity index (χ2n) is 2.89. The number of carbonyl (C=O) groups excluding carboxylic acids is 1. The molecule has 1 amide bonds. The van der Waals surface area contributed by atoms with Crippen molar-refractivity contribution in [1.82, 2.24) is 5.32 Å². The lowest BCUT2D eigenvalue weighted by molar-refractivity contribution is -0.116. The van der Waals surface area contributed by atoms with Crippen molar-refractivity contribution in [2.45, 2.75) is 45.6 Å². The lowest BCUT2D eigenvalue weighted by Crippen LogP contribution is -2.33. The van der Waals surface area contributed by atoms with Gasteiger partial charge in [0.25, 0.3) is 5.91 Å². The Morgan fingerprint density at radius 1 is 1.42 bits per heavy atom. The lowest BCUT2D eigenvalue weighted by atomic mass is 10.1. The summed E-state index contributed by atoms with van der Waals surface area (Å²) in [6.45, 7) is 4.20. The van der Waals surface area contributed by atoms with Crippen LogP contribution in [-0.2, 0) is 4.79 Å². The van der Waals surface area contributed by atoms with Crippen molar-refractivity contribution in [2.24, 2.45) is 0 Å². The molecular formula is C10H17NO. The second kappa shape index (κ2) is 6.72. The average molecular weight is 167 g/mol. The zero-order chi connectivity index (χ0) is 9.40. The molecule has 0 aromatic heterocycles. The molecule has 0 saturated carbocycles. The van der Waals surface area contributed by atoms with E-state index >= 15 is 0 Å². The quantitative estimate of drug-likeness (QED) is 0.620. The van der Waals surface area contributed by atoms with Gasteiger partial charge in [0.1, 0.15) is 0 Å². The summed E-state index contributed by atoms with van der Waals surface area (Å²) in [7, 11) is 0. The average Bonchev–Trinajstić information content (AvgIpc) is 2.05. The lowest BCUT2D eigenvalue weighted by Gasteiger charge is -2.14. The van der Waals surface area contributed by atoms with Gasteiger partial charge in [-0.25, -0.2) is 0 Å². The highest BCUT2D eigenvalue weighted by atomic mass is 16.1. The van der Waals surface area contributed by atoms with Gasteiger partial charge in [-0.3, -0.25) is 4.79 Å². The molecule has 0 heterocycles. The fraction of sp³-hybridized carbons (Fsp3) is 0.700. The van der Waals surface area contributed by atoms with Crippen LogP contribution in [-0.4, -0.2) is 11.9 Å². The van der Waals surface area contributed by atoms with E-state index in [9.17, 15) is 4.79 Å². The van der Waals surface area contributed by atoms with E-state index < -0.39 is 0 Å². The molecule has 0 aromatic carbocycles. The summed E-state index contributed by atoms with van der Waals surface area (Å²) in [5, 5.41) is 2.79. The van der Waals surface area contributed by atoms with Crippen molar-refractivity contribution in [1.29, 1.82) is 0 Å². The van der Waals surface area contributed by atoms with E-state index in [1.807, 2.05) is 0 Å². The molecule has 0 saturated heterocycles. The molecule has 2 nitrogen and oxygen atoms in total. The maximum Gasteiger partial charge on any atom is 0.295 e. The minimum atomic E-state index is -0.290. The SMILES string of the molecule is C#CC(=O)NC(CCC)CCC. The normalized spacial score (nSPS) is 9.50. The zero-order valence-corrected chi connectivity index (χ0v) is 7.89. The Hall–Kier alpha value is -0.970. The molecule has 2 heteroatoms. The first-order valence-corrected chi connectivity index (χ1v) is 4.51. The summed E-state index contributed by atoms with van der Waals surface area (Å²) in [5.41, 5.74) is 0. The molecule has 0 aliphatic carbocycles. The molecule has 0 aliphatic heterocycles. The van der Waals surface area contributed by atoms with Crippen molar-refractivity contribution >= 4 is 5.91 Å². The number of rotatable bonds is 5. The second-order valence-corrected chi connectivity index (χ2v) is 2.89. The van der Waals surface area contributed by atoms with Crippen LogP contribution < -0.4 is 5.32 Å². The van der Waals surface area contributed by atoms with Crippen LogP contribution in [0.15, 0.2) is 0 Å². The third-order valence-corrected chi connectivity index (χ3v) is 1.74. The van der Waals surface area contributed by atoms with E-state index in [-0.39, 0.29) is 11.9 Å². The molecule has 0 atom stereocenters. The third-order valence-electron chi connectivity index (χ3n) is 1.74. The number of nitrogens with one attached hydrogen (secondary N) is 1. The van der Waals surface area contributed by atoms with Crippen molar-refractivity contribution < 1.29 is 4.79 Å². The van der Waals surface area contributed by atoms with Crippen LogP contribution >= 0.6 is 0 Å².